The first kappa shape index (κ1) is 27.2. The number of aliphatic hydroxyl groups excluding tert-OH is 1. The van der Waals surface area contributed by atoms with Crippen molar-refractivity contribution in [3.63, 3.8) is 0 Å². The highest BCUT2D eigenvalue weighted by Crippen LogP contribution is 2.27. The number of carbonyl (C=O) groups is 1. The van der Waals surface area contributed by atoms with Crippen LogP contribution >= 0.6 is 12.4 Å². The number of ether oxygens (including phenoxy) is 1. The minimum atomic E-state index is -0.688. The molecule has 1 amide bonds. The predicted octanol–water partition coefficient (Wildman–Crippen LogP) is 4.44. The first-order chi connectivity index (χ1) is 15.5. The SMILES string of the molecule is COc1cccc(CNC[C@H](O)[C@H](Cc2cccc(CC3CCCCC3)c2)NC(C)=O)c1.Cl. The molecule has 0 aromatic heterocycles. The topological polar surface area (TPSA) is 70.6 Å². The molecule has 0 spiro atoms. The summed E-state index contributed by atoms with van der Waals surface area (Å²) in [6.45, 7) is 2.52. The van der Waals surface area contributed by atoms with Crippen molar-refractivity contribution in [2.45, 2.75) is 70.6 Å². The molecule has 1 aliphatic rings. The Morgan fingerprint density at radius 2 is 1.76 bits per heavy atom. The van der Waals surface area contributed by atoms with Gasteiger partial charge in [0.15, 0.2) is 0 Å². The van der Waals surface area contributed by atoms with Crippen molar-refractivity contribution in [1.82, 2.24) is 10.6 Å². The van der Waals surface area contributed by atoms with Gasteiger partial charge < -0.3 is 20.5 Å². The van der Waals surface area contributed by atoms with Crippen LogP contribution in [0, 0.1) is 5.92 Å². The fourth-order valence-electron chi connectivity index (χ4n) is 4.70. The molecule has 3 rings (SSSR count). The quantitative estimate of drug-likeness (QED) is 0.450. The molecular weight excluding hydrogens is 436 g/mol. The van der Waals surface area contributed by atoms with E-state index >= 15 is 0 Å². The van der Waals surface area contributed by atoms with Crippen LogP contribution < -0.4 is 15.4 Å². The van der Waals surface area contributed by atoms with Crippen LogP contribution in [0.2, 0.25) is 0 Å². The van der Waals surface area contributed by atoms with Crippen molar-refractivity contribution in [3.8, 4) is 5.75 Å². The maximum absolute atomic E-state index is 11.8. The molecule has 0 aliphatic heterocycles. The summed E-state index contributed by atoms with van der Waals surface area (Å²) in [6, 6.07) is 16.2. The molecule has 0 saturated heterocycles. The van der Waals surface area contributed by atoms with Gasteiger partial charge in [0.25, 0.3) is 0 Å². The van der Waals surface area contributed by atoms with Crippen molar-refractivity contribution >= 4 is 18.3 Å². The fraction of sp³-hybridized carbons (Fsp3) is 0.519. The molecule has 3 N–H and O–H groups in total. The molecule has 2 atom stereocenters. The Morgan fingerprint density at radius 3 is 2.48 bits per heavy atom. The van der Waals surface area contributed by atoms with Gasteiger partial charge in [-0.15, -0.1) is 12.4 Å². The van der Waals surface area contributed by atoms with Crippen molar-refractivity contribution in [2.24, 2.45) is 5.92 Å². The lowest BCUT2D eigenvalue weighted by Crippen LogP contribution is -2.48. The van der Waals surface area contributed by atoms with E-state index in [0.29, 0.717) is 19.5 Å². The molecule has 0 radical (unpaired) electrons. The fourth-order valence-corrected chi connectivity index (χ4v) is 4.70. The first-order valence-corrected chi connectivity index (χ1v) is 11.9. The number of hydrogen-bond acceptors (Lipinski definition) is 4. The van der Waals surface area contributed by atoms with Crippen molar-refractivity contribution in [1.29, 1.82) is 0 Å². The van der Waals surface area contributed by atoms with Gasteiger partial charge in [-0.25, -0.2) is 0 Å². The average molecular weight is 475 g/mol. The third-order valence-electron chi connectivity index (χ3n) is 6.37. The third kappa shape index (κ3) is 9.36. The second-order valence-electron chi connectivity index (χ2n) is 9.09. The average Bonchev–Trinajstić information content (AvgIpc) is 2.79. The molecular formula is C27H39ClN2O3. The third-order valence-corrected chi connectivity index (χ3v) is 6.37. The lowest BCUT2D eigenvalue weighted by atomic mass is 9.84. The number of carbonyl (C=O) groups excluding carboxylic acids is 1. The normalized spacial score (nSPS) is 15.8. The molecule has 1 fully saturated rings. The number of aliphatic hydroxyl groups is 1. The Morgan fingerprint density at radius 1 is 1.06 bits per heavy atom. The van der Waals surface area contributed by atoms with E-state index in [1.54, 1.807) is 7.11 Å². The smallest absolute Gasteiger partial charge is 0.217 e. The number of nitrogens with one attached hydrogen (secondary N) is 2. The Balaban J connectivity index is 0.00000385. The van der Waals surface area contributed by atoms with E-state index in [1.807, 2.05) is 24.3 Å². The highest BCUT2D eigenvalue weighted by atomic mass is 35.5. The van der Waals surface area contributed by atoms with E-state index in [1.165, 1.54) is 44.6 Å². The molecule has 6 heteroatoms. The van der Waals surface area contributed by atoms with E-state index in [0.717, 1.165) is 29.2 Å². The second kappa shape index (κ2) is 14.2. The van der Waals surface area contributed by atoms with Crippen LogP contribution in [-0.4, -0.2) is 36.8 Å². The summed E-state index contributed by atoms with van der Waals surface area (Å²) in [5, 5.41) is 17.1. The number of methoxy groups -OCH3 is 1. The van der Waals surface area contributed by atoms with Gasteiger partial charge in [0, 0.05) is 20.0 Å². The monoisotopic (exact) mass is 474 g/mol. The molecule has 0 bridgehead atoms. The summed E-state index contributed by atoms with van der Waals surface area (Å²) < 4.78 is 5.26. The highest BCUT2D eigenvalue weighted by molar-refractivity contribution is 5.85. The Labute approximate surface area is 204 Å². The van der Waals surface area contributed by atoms with Crippen LogP contribution in [-0.2, 0) is 24.2 Å². The summed E-state index contributed by atoms with van der Waals surface area (Å²) in [7, 11) is 1.65. The second-order valence-corrected chi connectivity index (χ2v) is 9.09. The standard InChI is InChI=1S/C27H38N2O3.ClH/c1-20(30)29-26(27(31)19-28-18-24-12-7-13-25(16-24)32-2)17-23-11-6-10-22(15-23)14-21-8-4-3-5-9-21;/h6-7,10-13,15-16,21,26-28,31H,3-5,8-9,14,17-19H2,1-2H3,(H,29,30);1H/t26-,27-;/m0./s1. The molecule has 1 saturated carbocycles. The Kier molecular flexibility index (Phi) is 11.7. The summed E-state index contributed by atoms with van der Waals surface area (Å²) in [5.41, 5.74) is 3.61. The molecule has 2 aromatic rings. The maximum atomic E-state index is 11.8. The van der Waals surface area contributed by atoms with Crippen molar-refractivity contribution < 1.29 is 14.6 Å². The zero-order chi connectivity index (χ0) is 22.8. The van der Waals surface area contributed by atoms with Gasteiger partial charge in [0.05, 0.1) is 19.3 Å². The molecule has 1 aliphatic carbocycles. The Bertz CT molecular complexity index is 855. The summed E-state index contributed by atoms with van der Waals surface area (Å²) in [6.07, 6.45) is 7.79. The van der Waals surface area contributed by atoms with E-state index in [4.69, 9.17) is 4.74 Å². The Hall–Kier alpha value is -2.08. The van der Waals surface area contributed by atoms with E-state index in [9.17, 15) is 9.90 Å². The van der Waals surface area contributed by atoms with Gasteiger partial charge in [-0.2, -0.15) is 0 Å². The van der Waals surface area contributed by atoms with Gasteiger partial charge in [-0.05, 0) is 47.6 Å². The first-order valence-electron chi connectivity index (χ1n) is 11.9. The number of benzene rings is 2. The lowest BCUT2D eigenvalue weighted by Gasteiger charge is -2.25. The zero-order valence-electron chi connectivity index (χ0n) is 19.9. The molecule has 0 unspecified atom stereocenters. The minimum absolute atomic E-state index is 0. The number of amides is 1. The van der Waals surface area contributed by atoms with Crippen LogP contribution in [0.1, 0.15) is 55.7 Å². The maximum Gasteiger partial charge on any atom is 0.217 e. The molecule has 182 valence electrons. The largest absolute Gasteiger partial charge is 0.497 e. The van der Waals surface area contributed by atoms with E-state index < -0.39 is 6.10 Å². The number of halogens is 1. The number of rotatable bonds is 11. The summed E-state index contributed by atoms with van der Waals surface area (Å²) in [5.74, 6) is 1.48. The molecule has 33 heavy (non-hydrogen) atoms. The highest BCUT2D eigenvalue weighted by Gasteiger charge is 2.21. The summed E-state index contributed by atoms with van der Waals surface area (Å²) in [4.78, 5) is 11.8. The van der Waals surface area contributed by atoms with Gasteiger partial charge in [0.1, 0.15) is 5.75 Å². The van der Waals surface area contributed by atoms with E-state index in [-0.39, 0.29) is 24.4 Å². The van der Waals surface area contributed by atoms with Crippen LogP contribution in [0.5, 0.6) is 5.75 Å². The van der Waals surface area contributed by atoms with Crippen LogP contribution in [0.4, 0.5) is 0 Å². The van der Waals surface area contributed by atoms with Gasteiger partial charge >= 0.3 is 0 Å². The summed E-state index contributed by atoms with van der Waals surface area (Å²) >= 11 is 0. The molecule has 5 nitrogen and oxygen atoms in total. The van der Waals surface area contributed by atoms with Gasteiger partial charge in [0.2, 0.25) is 5.91 Å². The minimum Gasteiger partial charge on any atom is -0.497 e. The lowest BCUT2D eigenvalue weighted by molar-refractivity contribution is -0.120. The van der Waals surface area contributed by atoms with Gasteiger partial charge in [-0.1, -0.05) is 68.5 Å². The van der Waals surface area contributed by atoms with Crippen LogP contribution in [0.3, 0.4) is 0 Å². The number of hydrogen-bond donors (Lipinski definition) is 3. The van der Waals surface area contributed by atoms with Crippen molar-refractivity contribution in [2.75, 3.05) is 13.7 Å². The van der Waals surface area contributed by atoms with Crippen LogP contribution in [0.15, 0.2) is 48.5 Å². The van der Waals surface area contributed by atoms with E-state index in [2.05, 4.69) is 34.9 Å². The molecule has 2 aromatic carbocycles. The van der Waals surface area contributed by atoms with Gasteiger partial charge in [-0.3, -0.25) is 4.79 Å². The molecule has 0 heterocycles. The predicted molar refractivity (Wildman–Crippen MR) is 136 cm³/mol. The zero-order valence-corrected chi connectivity index (χ0v) is 20.7. The van der Waals surface area contributed by atoms with Crippen LogP contribution in [0.25, 0.3) is 0 Å². The van der Waals surface area contributed by atoms with Crippen molar-refractivity contribution in [3.05, 3.63) is 65.2 Å².